The van der Waals surface area contributed by atoms with Gasteiger partial charge in [-0.25, -0.2) is 0 Å². The molecular weight excluding hydrogens is 280 g/mol. The summed E-state index contributed by atoms with van der Waals surface area (Å²) in [6.45, 7) is 6.25. The normalized spacial score (nSPS) is 9.90. The standard InChI is InChI=1S/C17H18N2OS/c1-11-6-4-7-12(2)16(11)19-17(20)15-10-13(3)14(21-15)8-5-9-18/h4,6-7,10H,9,18H2,1-3H3,(H,19,20). The minimum atomic E-state index is -0.0960. The lowest BCUT2D eigenvalue weighted by atomic mass is 10.1. The van der Waals surface area contributed by atoms with Crippen molar-refractivity contribution < 1.29 is 4.79 Å². The number of nitrogens with one attached hydrogen (secondary N) is 1. The number of para-hydroxylation sites is 1. The molecule has 0 radical (unpaired) electrons. The van der Waals surface area contributed by atoms with Gasteiger partial charge in [-0.3, -0.25) is 4.79 Å². The molecule has 0 atom stereocenters. The van der Waals surface area contributed by atoms with Crippen molar-refractivity contribution in [1.82, 2.24) is 0 Å². The summed E-state index contributed by atoms with van der Waals surface area (Å²) in [4.78, 5) is 13.9. The van der Waals surface area contributed by atoms with Gasteiger partial charge in [0.1, 0.15) is 0 Å². The number of carbonyl (C=O) groups is 1. The molecule has 4 heteroatoms. The molecule has 0 saturated carbocycles. The molecule has 0 saturated heterocycles. The van der Waals surface area contributed by atoms with Crippen molar-refractivity contribution in [1.29, 1.82) is 0 Å². The fourth-order valence-corrected chi connectivity index (χ4v) is 2.98. The predicted molar refractivity (Wildman–Crippen MR) is 88.9 cm³/mol. The molecule has 0 unspecified atom stereocenters. The Morgan fingerprint density at radius 3 is 2.52 bits per heavy atom. The summed E-state index contributed by atoms with van der Waals surface area (Å²) in [5, 5.41) is 2.99. The molecule has 108 valence electrons. The average molecular weight is 298 g/mol. The van der Waals surface area contributed by atoms with Crippen molar-refractivity contribution in [2.45, 2.75) is 20.8 Å². The lowest BCUT2D eigenvalue weighted by molar-refractivity contribution is 0.103. The fourth-order valence-electron chi connectivity index (χ4n) is 2.04. The zero-order valence-corrected chi connectivity index (χ0v) is 13.2. The number of hydrogen-bond acceptors (Lipinski definition) is 3. The molecule has 1 aromatic carbocycles. The van der Waals surface area contributed by atoms with E-state index in [4.69, 9.17) is 5.73 Å². The zero-order chi connectivity index (χ0) is 15.4. The number of rotatable bonds is 2. The lowest BCUT2D eigenvalue weighted by Crippen LogP contribution is -2.12. The van der Waals surface area contributed by atoms with Crippen LogP contribution in [-0.2, 0) is 0 Å². The number of nitrogens with two attached hydrogens (primary N) is 1. The Bertz CT molecular complexity index is 715. The maximum absolute atomic E-state index is 12.4. The first-order valence-corrected chi connectivity index (χ1v) is 7.51. The molecule has 1 heterocycles. The van der Waals surface area contributed by atoms with Crippen molar-refractivity contribution in [3.8, 4) is 11.8 Å². The second-order valence-corrected chi connectivity index (χ2v) is 5.90. The van der Waals surface area contributed by atoms with E-state index in [-0.39, 0.29) is 5.91 Å². The van der Waals surface area contributed by atoms with Crippen molar-refractivity contribution in [2.24, 2.45) is 5.73 Å². The van der Waals surface area contributed by atoms with Gasteiger partial charge >= 0.3 is 0 Å². The van der Waals surface area contributed by atoms with Crippen LogP contribution in [0.15, 0.2) is 24.3 Å². The summed E-state index contributed by atoms with van der Waals surface area (Å²) < 4.78 is 0. The van der Waals surface area contributed by atoms with Crippen LogP contribution in [-0.4, -0.2) is 12.5 Å². The Morgan fingerprint density at radius 2 is 1.90 bits per heavy atom. The van der Waals surface area contributed by atoms with Crippen LogP contribution >= 0.6 is 11.3 Å². The molecule has 0 fully saturated rings. The number of thiophene rings is 1. The van der Waals surface area contributed by atoms with Gasteiger partial charge in [0.2, 0.25) is 0 Å². The molecule has 0 aliphatic carbocycles. The molecule has 3 N–H and O–H groups in total. The molecule has 0 aliphatic heterocycles. The highest BCUT2D eigenvalue weighted by Gasteiger charge is 2.13. The highest BCUT2D eigenvalue weighted by atomic mass is 32.1. The van der Waals surface area contributed by atoms with Crippen LogP contribution in [0.5, 0.6) is 0 Å². The highest BCUT2D eigenvalue weighted by Crippen LogP contribution is 2.24. The van der Waals surface area contributed by atoms with Crippen molar-refractivity contribution >= 4 is 22.9 Å². The summed E-state index contributed by atoms with van der Waals surface area (Å²) in [5.41, 5.74) is 9.38. The molecule has 1 amide bonds. The van der Waals surface area contributed by atoms with Crippen LogP contribution in [0, 0.1) is 32.6 Å². The zero-order valence-electron chi connectivity index (χ0n) is 12.4. The quantitative estimate of drug-likeness (QED) is 0.836. The Labute approximate surface area is 129 Å². The van der Waals surface area contributed by atoms with E-state index in [1.807, 2.05) is 45.0 Å². The molecule has 1 aromatic heterocycles. The van der Waals surface area contributed by atoms with E-state index >= 15 is 0 Å². The van der Waals surface area contributed by atoms with Gasteiger partial charge in [-0.05, 0) is 43.5 Å². The van der Waals surface area contributed by atoms with Gasteiger partial charge in [0, 0.05) is 5.69 Å². The van der Waals surface area contributed by atoms with Crippen LogP contribution in [0.25, 0.3) is 0 Å². The topological polar surface area (TPSA) is 55.1 Å². The van der Waals surface area contributed by atoms with E-state index in [2.05, 4.69) is 17.2 Å². The first-order chi connectivity index (χ1) is 10.0. The fraction of sp³-hybridized carbons (Fsp3) is 0.235. The Hall–Kier alpha value is -2.09. The minimum Gasteiger partial charge on any atom is -0.321 e. The molecule has 2 aromatic rings. The van der Waals surface area contributed by atoms with Crippen LogP contribution in [0.1, 0.15) is 31.2 Å². The first kappa shape index (κ1) is 15.3. The molecule has 21 heavy (non-hydrogen) atoms. The number of hydrogen-bond donors (Lipinski definition) is 2. The van der Waals surface area contributed by atoms with Crippen LogP contribution in [0.3, 0.4) is 0 Å². The number of amides is 1. The van der Waals surface area contributed by atoms with Gasteiger partial charge in [0.15, 0.2) is 0 Å². The van der Waals surface area contributed by atoms with E-state index in [1.165, 1.54) is 11.3 Å². The maximum Gasteiger partial charge on any atom is 0.265 e. The van der Waals surface area contributed by atoms with Crippen molar-refractivity contribution in [2.75, 3.05) is 11.9 Å². The highest BCUT2D eigenvalue weighted by molar-refractivity contribution is 7.14. The monoisotopic (exact) mass is 298 g/mol. The lowest BCUT2D eigenvalue weighted by Gasteiger charge is -2.10. The third kappa shape index (κ3) is 3.52. The summed E-state index contributed by atoms with van der Waals surface area (Å²) in [7, 11) is 0. The van der Waals surface area contributed by atoms with Crippen LogP contribution < -0.4 is 11.1 Å². The Kier molecular flexibility index (Phi) is 4.79. The molecule has 0 bridgehead atoms. The molecule has 0 spiro atoms. The second kappa shape index (κ2) is 6.57. The Morgan fingerprint density at radius 1 is 1.24 bits per heavy atom. The van der Waals surface area contributed by atoms with Gasteiger partial charge in [-0.15, -0.1) is 11.3 Å². The van der Waals surface area contributed by atoms with Gasteiger partial charge in [-0.2, -0.15) is 0 Å². The van der Waals surface area contributed by atoms with Gasteiger partial charge in [0.05, 0.1) is 16.3 Å². The van der Waals surface area contributed by atoms with Crippen LogP contribution in [0.4, 0.5) is 5.69 Å². The first-order valence-electron chi connectivity index (χ1n) is 6.70. The van der Waals surface area contributed by atoms with Gasteiger partial charge in [-0.1, -0.05) is 30.0 Å². The minimum absolute atomic E-state index is 0.0960. The van der Waals surface area contributed by atoms with E-state index in [9.17, 15) is 4.79 Å². The predicted octanol–water partition coefficient (Wildman–Crippen LogP) is 3.24. The third-order valence-electron chi connectivity index (χ3n) is 3.17. The van der Waals surface area contributed by atoms with Crippen molar-refractivity contribution in [3.05, 3.63) is 50.7 Å². The Balaban J connectivity index is 2.25. The molecule has 2 rings (SSSR count). The third-order valence-corrected chi connectivity index (χ3v) is 4.32. The molecule has 3 nitrogen and oxygen atoms in total. The largest absolute Gasteiger partial charge is 0.321 e. The van der Waals surface area contributed by atoms with E-state index in [1.54, 1.807) is 0 Å². The van der Waals surface area contributed by atoms with Crippen molar-refractivity contribution in [3.63, 3.8) is 0 Å². The second-order valence-electron chi connectivity index (χ2n) is 4.85. The summed E-state index contributed by atoms with van der Waals surface area (Å²) in [5.74, 6) is 5.72. The summed E-state index contributed by atoms with van der Waals surface area (Å²) in [6.07, 6.45) is 0. The van der Waals surface area contributed by atoms with E-state index < -0.39 is 0 Å². The van der Waals surface area contributed by atoms with Gasteiger partial charge in [0.25, 0.3) is 5.91 Å². The SMILES string of the molecule is Cc1cc(C(=O)Nc2c(C)cccc2C)sc1C#CCN. The van der Waals surface area contributed by atoms with Crippen LogP contribution in [0.2, 0.25) is 0 Å². The number of anilines is 1. The molecule has 0 aliphatic rings. The number of benzene rings is 1. The summed E-state index contributed by atoms with van der Waals surface area (Å²) in [6, 6.07) is 7.82. The van der Waals surface area contributed by atoms with Gasteiger partial charge < -0.3 is 11.1 Å². The van der Waals surface area contributed by atoms with E-state index in [0.29, 0.717) is 11.4 Å². The van der Waals surface area contributed by atoms with E-state index in [0.717, 1.165) is 27.3 Å². The summed E-state index contributed by atoms with van der Waals surface area (Å²) >= 11 is 1.40. The number of aryl methyl sites for hydroxylation is 3. The smallest absolute Gasteiger partial charge is 0.265 e. The maximum atomic E-state index is 12.4. The average Bonchev–Trinajstić information content (AvgIpc) is 2.82. The molecular formula is C17H18N2OS. The number of carbonyl (C=O) groups excluding carboxylic acids is 1.